The zero-order valence-corrected chi connectivity index (χ0v) is 10.5. The van der Waals surface area contributed by atoms with E-state index in [0.29, 0.717) is 0 Å². The number of hydrogen-bond donors (Lipinski definition) is 2. The molecule has 0 saturated heterocycles. The Morgan fingerprint density at radius 1 is 1.25 bits per heavy atom. The third-order valence-electron chi connectivity index (χ3n) is 1.95. The van der Waals surface area contributed by atoms with Gasteiger partial charge in [0, 0.05) is 4.90 Å². The van der Waals surface area contributed by atoms with E-state index in [1.165, 1.54) is 0 Å². The van der Waals surface area contributed by atoms with Crippen LogP contribution in [0.2, 0.25) is 0 Å². The minimum absolute atomic E-state index is 0.745. The highest BCUT2D eigenvalue weighted by atomic mass is 32.2. The van der Waals surface area contributed by atoms with Crippen molar-refractivity contribution < 1.29 is 10.2 Å². The number of benzene rings is 1. The number of rotatable bonds is 2. The van der Waals surface area contributed by atoms with Crippen LogP contribution >= 0.6 is 11.8 Å². The van der Waals surface area contributed by atoms with Gasteiger partial charge in [0.15, 0.2) is 0 Å². The number of hydrogen-bond acceptors (Lipinski definition) is 3. The topological polar surface area (TPSA) is 40.5 Å². The summed E-state index contributed by atoms with van der Waals surface area (Å²) in [5, 5.41) is 19.2. The standard InChI is InChI=1S/C13H16O2S/c1-13(2,15)9-8-12(14)10-4-6-11(16-3)7-5-10/h4-7,12,14-15H,1-3H3/t12-/m1/s1. The van der Waals surface area contributed by atoms with Gasteiger partial charge in [-0.2, -0.15) is 0 Å². The molecule has 0 aromatic heterocycles. The van der Waals surface area contributed by atoms with Crippen LogP contribution in [-0.2, 0) is 0 Å². The average Bonchev–Trinajstić information content (AvgIpc) is 2.25. The molecule has 1 atom stereocenters. The van der Waals surface area contributed by atoms with Crippen LogP contribution in [-0.4, -0.2) is 22.1 Å². The second kappa shape index (κ2) is 5.40. The molecule has 0 heterocycles. The summed E-state index contributed by atoms with van der Waals surface area (Å²) in [6.07, 6.45) is 1.15. The Kier molecular flexibility index (Phi) is 4.43. The quantitative estimate of drug-likeness (QED) is 0.611. The van der Waals surface area contributed by atoms with E-state index in [2.05, 4.69) is 11.8 Å². The van der Waals surface area contributed by atoms with Crippen LogP contribution in [0.4, 0.5) is 0 Å². The molecule has 2 nitrogen and oxygen atoms in total. The smallest absolute Gasteiger partial charge is 0.140 e. The van der Waals surface area contributed by atoms with Crippen LogP contribution in [0.25, 0.3) is 0 Å². The molecule has 0 amide bonds. The molecule has 0 radical (unpaired) electrons. The Labute approximate surface area is 101 Å². The summed E-state index contributed by atoms with van der Waals surface area (Å²) in [5.74, 6) is 5.22. The van der Waals surface area contributed by atoms with E-state index in [4.69, 9.17) is 0 Å². The number of aliphatic hydroxyl groups is 2. The van der Waals surface area contributed by atoms with E-state index in [9.17, 15) is 10.2 Å². The first-order valence-electron chi connectivity index (χ1n) is 4.99. The van der Waals surface area contributed by atoms with Crippen molar-refractivity contribution in [3.63, 3.8) is 0 Å². The Morgan fingerprint density at radius 3 is 2.25 bits per heavy atom. The molecular formula is C13H16O2S. The van der Waals surface area contributed by atoms with Gasteiger partial charge in [-0.25, -0.2) is 0 Å². The molecule has 0 aliphatic rings. The third kappa shape index (κ3) is 4.28. The maximum absolute atomic E-state index is 9.76. The molecule has 16 heavy (non-hydrogen) atoms. The molecule has 1 aromatic rings. The highest BCUT2D eigenvalue weighted by Gasteiger charge is 2.08. The van der Waals surface area contributed by atoms with E-state index in [0.717, 1.165) is 10.5 Å². The van der Waals surface area contributed by atoms with Gasteiger partial charge in [0.2, 0.25) is 0 Å². The molecule has 0 aliphatic carbocycles. The minimum atomic E-state index is -1.07. The summed E-state index contributed by atoms with van der Waals surface area (Å²) in [7, 11) is 0. The van der Waals surface area contributed by atoms with Crippen molar-refractivity contribution >= 4 is 11.8 Å². The highest BCUT2D eigenvalue weighted by molar-refractivity contribution is 7.98. The summed E-state index contributed by atoms with van der Waals surface area (Å²) >= 11 is 1.65. The van der Waals surface area contributed by atoms with Crippen molar-refractivity contribution in [2.24, 2.45) is 0 Å². The number of thioether (sulfide) groups is 1. The van der Waals surface area contributed by atoms with Crippen molar-refractivity contribution in [2.75, 3.05) is 6.26 Å². The Morgan fingerprint density at radius 2 is 1.81 bits per heavy atom. The summed E-state index contributed by atoms with van der Waals surface area (Å²) < 4.78 is 0. The zero-order chi connectivity index (χ0) is 12.2. The molecule has 0 unspecified atom stereocenters. The van der Waals surface area contributed by atoms with Gasteiger partial charge in [0.25, 0.3) is 0 Å². The van der Waals surface area contributed by atoms with Gasteiger partial charge in [-0.05, 0) is 37.8 Å². The summed E-state index contributed by atoms with van der Waals surface area (Å²) in [5.41, 5.74) is -0.324. The Bertz CT molecular complexity index is 393. The van der Waals surface area contributed by atoms with E-state index >= 15 is 0 Å². The predicted octanol–water partition coefficient (Wildman–Crippen LogP) is 2.22. The van der Waals surface area contributed by atoms with E-state index in [1.807, 2.05) is 30.5 Å². The first kappa shape index (κ1) is 13.1. The maximum Gasteiger partial charge on any atom is 0.140 e. The fraction of sp³-hybridized carbons (Fsp3) is 0.385. The highest BCUT2D eigenvalue weighted by Crippen LogP contribution is 2.18. The SMILES string of the molecule is CSc1ccc([C@H](O)C#CC(C)(C)O)cc1. The maximum atomic E-state index is 9.76. The number of aliphatic hydroxyl groups excluding tert-OH is 1. The van der Waals surface area contributed by atoms with Gasteiger partial charge >= 0.3 is 0 Å². The summed E-state index contributed by atoms with van der Waals surface area (Å²) in [6, 6.07) is 7.56. The van der Waals surface area contributed by atoms with Gasteiger partial charge in [-0.15, -0.1) is 11.8 Å². The van der Waals surface area contributed by atoms with Crippen molar-refractivity contribution in [3.05, 3.63) is 29.8 Å². The molecular weight excluding hydrogens is 220 g/mol. The molecule has 0 aliphatic heterocycles. The molecule has 0 saturated carbocycles. The fourth-order valence-corrected chi connectivity index (χ4v) is 1.52. The fourth-order valence-electron chi connectivity index (χ4n) is 1.11. The summed E-state index contributed by atoms with van der Waals surface area (Å²) in [4.78, 5) is 1.14. The lowest BCUT2D eigenvalue weighted by molar-refractivity contribution is 0.142. The molecule has 1 aromatic carbocycles. The molecule has 3 heteroatoms. The van der Waals surface area contributed by atoms with Gasteiger partial charge in [0.05, 0.1) is 0 Å². The van der Waals surface area contributed by atoms with Crippen LogP contribution < -0.4 is 0 Å². The van der Waals surface area contributed by atoms with Crippen molar-refractivity contribution in [1.29, 1.82) is 0 Å². The van der Waals surface area contributed by atoms with E-state index in [1.54, 1.807) is 25.6 Å². The van der Waals surface area contributed by atoms with Crippen LogP contribution in [0.1, 0.15) is 25.5 Å². The molecule has 86 valence electrons. The molecule has 0 bridgehead atoms. The van der Waals surface area contributed by atoms with Crippen molar-refractivity contribution in [2.45, 2.75) is 30.4 Å². The average molecular weight is 236 g/mol. The third-order valence-corrected chi connectivity index (χ3v) is 2.69. The van der Waals surface area contributed by atoms with Crippen molar-refractivity contribution in [3.8, 4) is 11.8 Å². The van der Waals surface area contributed by atoms with Crippen LogP contribution in [0, 0.1) is 11.8 Å². The van der Waals surface area contributed by atoms with Gasteiger partial charge in [-0.1, -0.05) is 24.0 Å². The first-order valence-corrected chi connectivity index (χ1v) is 6.22. The van der Waals surface area contributed by atoms with Crippen molar-refractivity contribution in [1.82, 2.24) is 0 Å². The van der Waals surface area contributed by atoms with E-state index in [-0.39, 0.29) is 0 Å². The lowest BCUT2D eigenvalue weighted by atomic mass is 10.1. The molecule has 1 rings (SSSR count). The lowest BCUT2D eigenvalue weighted by Crippen LogP contribution is -2.15. The van der Waals surface area contributed by atoms with Gasteiger partial charge in [-0.3, -0.25) is 0 Å². The predicted molar refractivity (Wildman–Crippen MR) is 67.3 cm³/mol. The monoisotopic (exact) mass is 236 g/mol. The molecule has 0 fully saturated rings. The van der Waals surface area contributed by atoms with Crippen LogP contribution in [0.5, 0.6) is 0 Å². The second-order valence-electron chi connectivity index (χ2n) is 4.00. The van der Waals surface area contributed by atoms with Gasteiger partial charge < -0.3 is 10.2 Å². The summed E-state index contributed by atoms with van der Waals surface area (Å²) in [6.45, 7) is 3.17. The minimum Gasteiger partial charge on any atom is -0.378 e. The van der Waals surface area contributed by atoms with Crippen LogP contribution in [0.15, 0.2) is 29.2 Å². The van der Waals surface area contributed by atoms with Crippen LogP contribution in [0.3, 0.4) is 0 Å². The first-order chi connectivity index (χ1) is 7.42. The lowest BCUT2D eigenvalue weighted by Gasteiger charge is -2.08. The molecule has 0 spiro atoms. The second-order valence-corrected chi connectivity index (χ2v) is 4.88. The Balaban J connectivity index is 2.79. The largest absolute Gasteiger partial charge is 0.378 e. The zero-order valence-electron chi connectivity index (χ0n) is 9.69. The van der Waals surface area contributed by atoms with Gasteiger partial charge in [0.1, 0.15) is 11.7 Å². The van der Waals surface area contributed by atoms with E-state index < -0.39 is 11.7 Å². The molecule has 2 N–H and O–H groups in total. The normalized spacial score (nSPS) is 12.8. The Hall–Kier alpha value is -0.950.